The normalized spacial score (nSPS) is 11.7. The van der Waals surface area contributed by atoms with E-state index in [1.54, 1.807) is 12.3 Å². The summed E-state index contributed by atoms with van der Waals surface area (Å²) in [6, 6.07) is 10.5. The van der Waals surface area contributed by atoms with Crippen molar-refractivity contribution < 1.29 is 28.5 Å². The number of hydrogen-bond acceptors (Lipinski definition) is 6. The van der Waals surface area contributed by atoms with E-state index >= 15 is 0 Å². The summed E-state index contributed by atoms with van der Waals surface area (Å²) >= 11 is 0. The molecular weight excluding hydrogens is 362 g/mol. The van der Waals surface area contributed by atoms with E-state index in [-0.39, 0.29) is 22.8 Å². The van der Waals surface area contributed by atoms with Crippen LogP contribution in [0.4, 0.5) is 0 Å². The second-order valence-electron chi connectivity index (χ2n) is 6.04. The molecule has 0 aliphatic carbocycles. The number of aromatic nitrogens is 1. The van der Waals surface area contributed by atoms with E-state index in [0.717, 1.165) is 10.9 Å². The smallest absolute Gasteiger partial charge is 0.342 e. The maximum absolute atomic E-state index is 12.8. The number of benzene rings is 2. The van der Waals surface area contributed by atoms with Crippen LogP contribution in [0.25, 0.3) is 10.9 Å². The predicted octanol–water partition coefficient (Wildman–Crippen LogP) is 3.62. The van der Waals surface area contributed by atoms with Crippen molar-refractivity contribution in [3.05, 3.63) is 53.7 Å². The molecule has 0 bridgehead atoms. The summed E-state index contributed by atoms with van der Waals surface area (Å²) in [5.41, 5.74) is 1.44. The van der Waals surface area contributed by atoms with Crippen molar-refractivity contribution in [1.82, 2.24) is 4.98 Å². The van der Waals surface area contributed by atoms with Gasteiger partial charge in [0.1, 0.15) is 5.56 Å². The molecule has 1 atom stereocenters. The van der Waals surface area contributed by atoms with E-state index in [9.17, 15) is 9.59 Å². The van der Waals surface area contributed by atoms with Gasteiger partial charge in [-0.3, -0.25) is 4.79 Å². The van der Waals surface area contributed by atoms with E-state index in [1.807, 2.05) is 24.3 Å². The maximum atomic E-state index is 12.8. The summed E-state index contributed by atoms with van der Waals surface area (Å²) in [5.74, 6) is -0.129. The van der Waals surface area contributed by atoms with Crippen LogP contribution in [0.15, 0.2) is 42.6 Å². The number of nitrogens with one attached hydrogen (secondary N) is 1. The van der Waals surface area contributed by atoms with Crippen LogP contribution in [0.5, 0.6) is 17.2 Å². The van der Waals surface area contributed by atoms with E-state index < -0.39 is 12.1 Å². The van der Waals surface area contributed by atoms with Gasteiger partial charge in [-0.1, -0.05) is 18.2 Å². The third-order valence-corrected chi connectivity index (χ3v) is 4.43. The molecule has 0 saturated carbocycles. The SMILES string of the molecule is COc1ccc(C(=O)O[C@@H](C)C(=O)c2c[nH]c3ccccc23)c(OC)c1OC. The molecule has 0 radical (unpaired) electrons. The van der Waals surface area contributed by atoms with Crippen LogP contribution in [0.2, 0.25) is 0 Å². The van der Waals surface area contributed by atoms with Gasteiger partial charge in [-0.15, -0.1) is 0 Å². The average molecular weight is 383 g/mol. The van der Waals surface area contributed by atoms with E-state index in [1.165, 1.54) is 34.3 Å². The molecule has 146 valence electrons. The minimum absolute atomic E-state index is 0.138. The first-order chi connectivity index (χ1) is 13.5. The van der Waals surface area contributed by atoms with Gasteiger partial charge >= 0.3 is 5.97 Å². The lowest BCUT2D eigenvalue weighted by atomic mass is 10.1. The first-order valence-corrected chi connectivity index (χ1v) is 8.62. The Labute approximate surface area is 162 Å². The number of H-pyrrole nitrogens is 1. The molecule has 0 spiro atoms. The number of carbonyl (C=O) groups excluding carboxylic acids is 2. The number of hydrogen-bond donors (Lipinski definition) is 1. The van der Waals surface area contributed by atoms with Gasteiger partial charge in [0, 0.05) is 22.7 Å². The number of esters is 1. The van der Waals surface area contributed by atoms with Gasteiger partial charge in [0.2, 0.25) is 11.5 Å². The number of para-hydroxylation sites is 1. The standard InChI is InChI=1S/C21H21NO6/c1-12(18(23)15-11-22-16-8-6-5-7-13(15)16)28-21(24)14-9-10-17(25-2)20(27-4)19(14)26-3/h5-12,22H,1-4H3/t12-/m0/s1. The molecule has 0 aliphatic heterocycles. The molecule has 0 unspecified atom stereocenters. The van der Waals surface area contributed by atoms with E-state index in [4.69, 9.17) is 18.9 Å². The Morgan fingerprint density at radius 2 is 1.61 bits per heavy atom. The number of Topliss-reactive ketones (excluding diaryl/α,β-unsaturated/α-hetero) is 1. The fourth-order valence-electron chi connectivity index (χ4n) is 3.03. The van der Waals surface area contributed by atoms with Crippen molar-refractivity contribution >= 4 is 22.7 Å². The molecule has 3 rings (SSSR count). The number of ether oxygens (including phenoxy) is 4. The number of fused-ring (bicyclic) bond motifs is 1. The van der Waals surface area contributed by atoms with Crippen molar-refractivity contribution in [2.75, 3.05) is 21.3 Å². The number of aromatic amines is 1. The summed E-state index contributed by atoms with van der Waals surface area (Å²) in [7, 11) is 4.34. The van der Waals surface area contributed by atoms with Gasteiger partial charge in [0.05, 0.1) is 21.3 Å². The highest BCUT2D eigenvalue weighted by molar-refractivity contribution is 6.10. The Morgan fingerprint density at radius 3 is 2.29 bits per heavy atom. The summed E-state index contributed by atoms with van der Waals surface area (Å²) < 4.78 is 21.2. The van der Waals surface area contributed by atoms with Gasteiger partial charge in [0.25, 0.3) is 0 Å². The Kier molecular flexibility index (Phi) is 5.54. The fraction of sp³-hybridized carbons (Fsp3) is 0.238. The van der Waals surface area contributed by atoms with Crippen LogP contribution in [-0.2, 0) is 4.74 Å². The highest BCUT2D eigenvalue weighted by Crippen LogP contribution is 2.40. The Morgan fingerprint density at radius 1 is 0.893 bits per heavy atom. The molecule has 2 aromatic carbocycles. The van der Waals surface area contributed by atoms with Crippen molar-refractivity contribution in [1.29, 1.82) is 0 Å². The van der Waals surface area contributed by atoms with E-state index in [2.05, 4.69) is 4.98 Å². The van der Waals surface area contributed by atoms with Crippen LogP contribution >= 0.6 is 0 Å². The van der Waals surface area contributed by atoms with Crippen molar-refractivity contribution in [3.8, 4) is 17.2 Å². The zero-order valence-electron chi connectivity index (χ0n) is 16.1. The monoisotopic (exact) mass is 383 g/mol. The van der Waals surface area contributed by atoms with Crippen LogP contribution in [0.1, 0.15) is 27.6 Å². The molecule has 7 heteroatoms. The first kappa shape index (κ1) is 19.3. The molecule has 0 saturated heterocycles. The lowest BCUT2D eigenvalue weighted by Gasteiger charge is -2.17. The van der Waals surface area contributed by atoms with Gasteiger partial charge in [0.15, 0.2) is 17.6 Å². The zero-order chi connectivity index (χ0) is 20.3. The maximum Gasteiger partial charge on any atom is 0.342 e. The molecule has 0 amide bonds. The van der Waals surface area contributed by atoms with Crippen LogP contribution < -0.4 is 14.2 Å². The summed E-state index contributed by atoms with van der Waals surface area (Å²) in [6.07, 6.45) is 0.637. The van der Waals surface area contributed by atoms with Crippen LogP contribution in [-0.4, -0.2) is 44.2 Å². The lowest BCUT2D eigenvalue weighted by Crippen LogP contribution is -2.24. The highest BCUT2D eigenvalue weighted by Gasteiger charge is 2.26. The number of ketones is 1. The van der Waals surface area contributed by atoms with Gasteiger partial charge in [-0.05, 0) is 25.1 Å². The predicted molar refractivity (Wildman–Crippen MR) is 104 cm³/mol. The molecule has 0 fully saturated rings. The molecule has 1 heterocycles. The third kappa shape index (κ3) is 3.38. The van der Waals surface area contributed by atoms with Gasteiger partial charge in [-0.25, -0.2) is 4.79 Å². The number of rotatable bonds is 7. The second kappa shape index (κ2) is 8.04. The van der Waals surface area contributed by atoms with E-state index in [0.29, 0.717) is 11.3 Å². The van der Waals surface area contributed by atoms with Gasteiger partial charge < -0.3 is 23.9 Å². The van der Waals surface area contributed by atoms with Crippen LogP contribution in [0, 0.1) is 0 Å². The minimum Gasteiger partial charge on any atom is -0.493 e. The highest BCUT2D eigenvalue weighted by atomic mass is 16.6. The van der Waals surface area contributed by atoms with Crippen LogP contribution in [0.3, 0.4) is 0 Å². The largest absolute Gasteiger partial charge is 0.493 e. The van der Waals surface area contributed by atoms with Crippen molar-refractivity contribution in [2.24, 2.45) is 0 Å². The van der Waals surface area contributed by atoms with Crippen molar-refractivity contribution in [3.63, 3.8) is 0 Å². The van der Waals surface area contributed by atoms with Gasteiger partial charge in [-0.2, -0.15) is 0 Å². The molecule has 0 aliphatic rings. The second-order valence-corrected chi connectivity index (χ2v) is 6.04. The average Bonchev–Trinajstić information content (AvgIpc) is 3.15. The quantitative estimate of drug-likeness (QED) is 0.495. The number of methoxy groups -OCH3 is 3. The van der Waals surface area contributed by atoms with Crippen molar-refractivity contribution in [2.45, 2.75) is 13.0 Å². The summed E-state index contributed by atoms with van der Waals surface area (Å²) in [5, 5.41) is 0.777. The molecule has 1 aromatic heterocycles. The third-order valence-electron chi connectivity index (χ3n) is 4.43. The Hall–Kier alpha value is -3.48. The molecular formula is C21H21NO6. The summed E-state index contributed by atoms with van der Waals surface area (Å²) in [4.78, 5) is 28.5. The summed E-state index contributed by atoms with van der Waals surface area (Å²) in [6.45, 7) is 1.54. The fourth-order valence-corrected chi connectivity index (χ4v) is 3.03. The zero-order valence-corrected chi connectivity index (χ0v) is 16.1. The Bertz CT molecular complexity index is 1020. The minimum atomic E-state index is -0.982. The topological polar surface area (TPSA) is 86.9 Å². The lowest BCUT2D eigenvalue weighted by molar-refractivity contribution is 0.0316. The molecule has 1 N–H and O–H groups in total. The molecule has 3 aromatic rings. The number of carbonyl (C=O) groups is 2. The Balaban J connectivity index is 1.85. The first-order valence-electron chi connectivity index (χ1n) is 8.62. The molecule has 7 nitrogen and oxygen atoms in total. The molecule has 28 heavy (non-hydrogen) atoms.